The van der Waals surface area contributed by atoms with Gasteiger partial charge in [0.25, 0.3) is 0 Å². The molecule has 6 heteroatoms. The monoisotopic (exact) mass is 390 g/mol. The molecule has 1 saturated carbocycles. The number of nitrogens with one attached hydrogen (secondary N) is 2. The standard InChI is InChI=1S/C18H24Cl2N2O.ClH/c1-17(2,15-13(19)4-3-5-14(15)20)11-22-16(23)12-10-18(12)6-8-21-9-7-18;/h3-5,12,21H,6-11H2,1-2H3,(H,22,23);1H. The Labute approximate surface area is 160 Å². The zero-order chi connectivity index (χ0) is 16.7. The van der Waals surface area contributed by atoms with Crippen LogP contribution in [0, 0.1) is 11.3 Å². The zero-order valence-corrected chi connectivity index (χ0v) is 16.5. The number of hydrogen-bond acceptors (Lipinski definition) is 2. The van der Waals surface area contributed by atoms with Gasteiger partial charge < -0.3 is 10.6 Å². The lowest BCUT2D eigenvalue weighted by Crippen LogP contribution is -2.39. The van der Waals surface area contributed by atoms with Crippen molar-refractivity contribution in [3.05, 3.63) is 33.8 Å². The molecule has 3 rings (SSSR count). The normalized spacial score (nSPS) is 21.9. The number of benzene rings is 1. The van der Waals surface area contributed by atoms with Crippen molar-refractivity contribution in [3.8, 4) is 0 Å². The summed E-state index contributed by atoms with van der Waals surface area (Å²) in [6, 6.07) is 5.53. The first-order valence-corrected chi connectivity index (χ1v) is 9.04. The van der Waals surface area contributed by atoms with E-state index in [1.54, 1.807) is 0 Å². The predicted molar refractivity (Wildman–Crippen MR) is 102 cm³/mol. The van der Waals surface area contributed by atoms with Crippen LogP contribution in [0.4, 0.5) is 0 Å². The molecular weight excluding hydrogens is 367 g/mol. The molecule has 3 nitrogen and oxygen atoms in total. The van der Waals surface area contributed by atoms with Gasteiger partial charge in [0.05, 0.1) is 0 Å². The fourth-order valence-electron chi connectivity index (χ4n) is 3.86. The van der Waals surface area contributed by atoms with E-state index in [2.05, 4.69) is 24.5 Å². The molecule has 2 fully saturated rings. The fraction of sp³-hybridized carbons (Fsp3) is 0.611. The van der Waals surface area contributed by atoms with Gasteiger partial charge in [-0.15, -0.1) is 12.4 Å². The highest BCUT2D eigenvalue weighted by atomic mass is 35.5. The van der Waals surface area contributed by atoms with Crippen LogP contribution in [0.3, 0.4) is 0 Å². The second kappa shape index (κ2) is 7.41. The molecule has 1 atom stereocenters. The minimum absolute atomic E-state index is 0. The predicted octanol–water partition coefficient (Wildman–Crippen LogP) is 4.20. The van der Waals surface area contributed by atoms with Gasteiger partial charge in [0, 0.05) is 27.9 Å². The maximum atomic E-state index is 12.5. The minimum Gasteiger partial charge on any atom is -0.355 e. The molecular formula is C18H25Cl3N2O. The van der Waals surface area contributed by atoms with E-state index in [-0.39, 0.29) is 35.1 Å². The average molecular weight is 392 g/mol. The fourth-order valence-corrected chi connectivity index (χ4v) is 4.77. The van der Waals surface area contributed by atoms with Crippen molar-refractivity contribution >= 4 is 41.5 Å². The summed E-state index contributed by atoms with van der Waals surface area (Å²) >= 11 is 12.6. The van der Waals surface area contributed by atoms with Crippen molar-refractivity contribution in [1.29, 1.82) is 0 Å². The average Bonchev–Trinajstić information content (AvgIpc) is 3.18. The van der Waals surface area contributed by atoms with Gasteiger partial charge in [0.2, 0.25) is 5.91 Å². The van der Waals surface area contributed by atoms with Crippen molar-refractivity contribution in [2.75, 3.05) is 19.6 Å². The minimum atomic E-state index is -0.304. The van der Waals surface area contributed by atoms with Gasteiger partial charge in [-0.1, -0.05) is 43.1 Å². The number of carbonyl (C=O) groups excluding carboxylic acids is 1. The maximum absolute atomic E-state index is 12.5. The first-order chi connectivity index (χ1) is 10.9. The number of halogens is 3. The summed E-state index contributed by atoms with van der Waals surface area (Å²) in [7, 11) is 0. The summed E-state index contributed by atoms with van der Waals surface area (Å²) in [4.78, 5) is 12.5. The van der Waals surface area contributed by atoms with Gasteiger partial charge >= 0.3 is 0 Å². The van der Waals surface area contributed by atoms with Crippen LogP contribution in [0.1, 0.15) is 38.7 Å². The largest absolute Gasteiger partial charge is 0.355 e. The highest BCUT2D eigenvalue weighted by Gasteiger charge is 2.57. The van der Waals surface area contributed by atoms with Crippen molar-refractivity contribution < 1.29 is 4.79 Å². The molecule has 1 saturated heterocycles. The molecule has 1 unspecified atom stereocenters. The summed E-state index contributed by atoms with van der Waals surface area (Å²) < 4.78 is 0. The molecule has 1 aromatic rings. The van der Waals surface area contributed by atoms with Gasteiger partial charge in [0.1, 0.15) is 0 Å². The van der Waals surface area contributed by atoms with Crippen LogP contribution in [-0.2, 0) is 10.2 Å². The third-order valence-corrected chi connectivity index (χ3v) is 6.08. The molecule has 0 radical (unpaired) electrons. The van der Waals surface area contributed by atoms with Gasteiger partial charge in [-0.2, -0.15) is 0 Å². The molecule has 2 N–H and O–H groups in total. The highest BCUT2D eigenvalue weighted by Crippen LogP contribution is 2.58. The van der Waals surface area contributed by atoms with Crippen LogP contribution in [0.15, 0.2) is 18.2 Å². The SMILES string of the molecule is CC(C)(CNC(=O)C1CC12CCNCC2)c1c(Cl)cccc1Cl.Cl. The molecule has 2 aliphatic rings. The first-order valence-electron chi connectivity index (χ1n) is 8.29. The van der Waals surface area contributed by atoms with Gasteiger partial charge in [-0.3, -0.25) is 4.79 Å². The van der Waals surface area contributed by atoms with Crippen molar-refractivity contribution in [3.63, 3.8) is 0 Å². The Morgan fingerprint density at radius 1 is 1.29 bits per heavy atom. The highest BCUT2D eigenvalue weighted by molar-refractivity contribution is 6.36. The molecule has 1 aromatic carbocycles. The third-order valence-electron chi connectivity index (χ3n) is 5.45. The van der Waals surface area contributed by atoms with E-state index in [4.69, 9.17) is 23.2 Å². The number of carbonyl (C=O) groups is 1. The quantitative estimate of drug-likeness (QED) is 0.807. The molecule has 0 aromatic heterocycles. The second-order valence-corrected chi connectivity index (χ2v) is 8.38. The summed E-state index contributed by atoms with van der Waals surface area (Å²) in [5, 5.41) is 7.80. The van der Waals surface area contributed by atoms with E-state index in [1.807, 2.05) is 18.2 Å². The van der Waals surface area contributed by atoms with Crippen molar-refractivity contribution in [1.82, 2.24) is 10.6 Å². The third kappa shape index (κ3) is 3.85. The molecule has 134 valence electrons. The Morgan fingerprint density at radius 2 is 1.88 bits per heavy atom. The van der Waals surface area contributed by atoms with Gasteiger partial charge in [-0.05, 0) is 55.5 Å². The van der Waals surface area contributed by atoms with E-state index in [1.165, 1.54) is 0 Å². The smallest absolute Gasteiger partial charge is 0.223 e. The van der Waals surface area contributed by atoms with E-state index >= 15 is 0 Å². The number of hydrogen-bond donors (Lipinski definition) is 2. The molecule has 0 bridgehead atoms. The Hall–Kier alpha value is -0.480. The molecule has 1 spiro atoms. The summed E-state index contributed by atoms with van der Waals surface area (Å²) in [5.41, 5.74) is 0.860. The van der Waals surface area contributed by atoms with Crippen LogP contribution >= 0.6 is 35.6 Å². The lowest BCUT2D eigenvalue weighted by molar-refractivity contribution is -0.123. The van der Waals surface area contributed by atoms with E-state index in [9.17, 15) is 4.79 Å². The van der Waals surface area contributed by atoms with Gasteiger partial charge in [0.15, 0.2) is 0 Å². The lowest BCUT2D eigenvalue weighted by atomic mass is 9.84. The second-order valence-electron chi connectivity index (χ2n) is 7.57. The number of rotatable bonds is 4. The van der Waals surface area contributed by atoms with Crippen LogP contribution in [-0.4, -0.2) is 25.5 Å². The van der Waals surface area contributed by atoms with E-state index in [0.717, 1.165) is 37.9 Å². The Morgan fingerprint density at radius 3 is 2.46 bits per heavy atom. The Kier molecular flexibility index (Phi) is 6.12. The Bertz CT molecular complexity index is 592. The molecule has 1 aliphatic heterocycles. The number of amides is 1. The van der Waals surface area contributed by atoms with Crippen molar-refractivity contribution in [2.45, 2.75) is 38.5 Å². The van der Waals surface area contributed by atoms with Crippen LogP contribution in [0.25, 0.3) is 0 Å². The number of piperidine rings is 1. The van der Waals surface area contributed by atoms with E-state index < -0.39 is 0 Å². The lowest BCUT2D eigenvalue weighted by Gasteiger charge is -2.28. The molecule has 1 aliphatic carbocycles. The molecule has 1 heterocycles. The first kappa shape index (κ1) is 19.8. The van der Waals surface area contributed by atoms with E-state index in [0.29, 0.717) is 16.6 Å². The zero-order valence-electron chi connectivity index (χ0n) is 14.1. The summed E-state index contributed by atoms with van der Waals surface area (Å²) in [6.07, 6.45) is 3.27. The van der Waals surface area contributed by atoms with Crippen molar-refractivity contribution in [2.24, 2.45) is 11.3 Å². The molecule has 1 amide bonds. The summed E-state index contributed by atoms with van der Waals surface area (Å²) in [5.74, 6) is 0.366. The van der Waals surface area contributed by atoms with Gasteiger partial charge in [-0.25, -0.2) is 0 Å². The Balaban J connectivity index is 0.00000208. The maximum Gasteiger partial charge on any atom is 0.223 e. The van der Waals surface area contributed by atoms with Crippen LogP contribution in [0.5, 0.6) is 0 Å². The van der Waals surface area contributed by atoms with Crippen LogP contribution < -0.4 is 10.6 Å². The topological polar surface area (TPSA) is 41.1 Å². The molecule has 24 heavy (non-hydrogen) atoms. The summed E-state index contributed by atoms with van der Waals surface area (Å²) in [6.45, 7) is 6.73. The van der Waals surface area contributed by atoms with Crippen LogP contribution in [0.2, 0.25) is 10.0 Å².